The van der Waals surface area contributed by atoms with Gasteiger partial charge in [-0.25, -0.2) is 0 Å². The molecular formula is C13H16BrNO. The van der Waals surface area contributed by atoms with Gasteiger partial charge in [0, 0.05) is 21.6 Å². The first kappa shape index (κ1) is 11.7. The van der Waals surface area contributed by atoms with Crippen LogP contribution in [0.5, 0.6) is 0 Å². The lowest BCUT2D eigenvalue weighted by Gasteiger charge is -2.16. The number of hydrogen-bond acceptors (Lipinski definition) is 1. The SMILES string of the molecule is CC(O)c1cc2cccc(Br)c2n1C(C)C. The van der Waals surface area contributed by atoms with Crippen molar-refractivity contribution < 1.29 is 5.11 Å². The van der Waals surface area contributed by atoms with Crippen molar-refractivity contribution in [3.63, 3.8) is 0 Å². The van der Waals surface area contributed by atoms with Gasteiger partial charge >= 0.3 is 0 Å². The van der Waals surface area contributed by atoms with E-state index in [0.717, 1.165) is 15.7 Å². The molecule has 0 amide bonds. The van der Waals surface area contributed by atoms with Crippen LogP contribution < -0.4 is 0 Å². The molecule has 0 fully saturated rings. The number of nitrogens with zero attached hydrogens (tertiary/aromatic N) is 1. The van der Waals surface area contributed by atoms with Gasteiger partial charge in [-0.2, -0.15) is 0 Å². The molecule has 0 aliphatic carbocycles. The molecular weight excluding hydrogens is 266 g/mol. The van der Waals surface area contributed by atoms with Gasteiger partial charge in [0.15, 0.2) is 0 Å². The van der Waals surface area contributed by atoms with E-state index < -0.39 is 6.10 Å². The average molecular weight is 282 g/mol. The Balaban J connectivity index is 2.83. The summed E-state index contributed by atoms with van der Waals surface area (Å²) in [5.74, 6) is 0. The van der Waals surface area contributed by atoms with Crippen molar-refractivity contribution in [2.45, 2.75) is 32.9 Å². The topological polar surface area (TPSA) is 25.2 Å². The summed E-state index contributed by atoms with van der Waals surface area (Å²) >= 11 is 3.58. The Kier molecular flexibility index (Phi) is 3.08. The van der Waals surface area contributed by atoms with E-state index in [1.165, 1.54) is 5.39 Å². The van der Waals surface area contributed by atoms with Crippen molar-refractivity contribution in [2.75, 3.05) is 0 Å². The van der Waals surface area contributed by atoms with Crippen LogP contribution in [0.1, 0.15) is 38.6 Å². The maximum atomic E-state index is 9.81. The van der Waals surface area contributed by atoms with E-state index in [0.29, 0.717) is 6.04 Å². The molecule has 1 aromatic carbocycles. The van der Waals surface area contributed by atoms with E-state index >= 15 is 0 Å². The molecule has 0 aliphatic heterocycles. The zero-order valence-electron chi connectivity index (χ0n) is 9.74. The number of aliphatic hydroxyl groups excluding tert-OH is 1. The van der Waals surface area contributed by atoms with Crippen LogP contribution in [0.25, 0.3) is 10.9 Å². The van der Waals surface area contributed by atoms with Gasteiger partial charge in [0.05, 0.1) is 11.6 Å². The van der Waals surface area contributed by atoms with Crippen molar-refractivity contribution in [2.24, 2.45) is 0 Å². The standard InChI is InChI=1S/C13H16BrNO/c1-8(2)15-12(9(3)16)7-10-5-4-6-11(14)13(10)15/h4-9,16H,1-3H3. The maximum absolute atomic E-state index is 9.81. The van der Waals surface area contributed by atoms with Crippen molar-refractivity contribution in [1.82, 2.24) is 4.57 Å². The number of halogens is 1. The minimum atomic E-state index is -0.443. The molecule has 0 radical (unpaired) electrons. The molecule has 1 unspecified atom stereocenters. The number of aromatic nitrogens is 1. The molecule has 0 spiro atoms. The van der Waals surface area contributed by atoms with Crippen LogP contribution in [0.3, 0.4) is 0 Å². The van der Waals surface area contributed by atoms with Crippen LogP contribution >= 0.6 is 15.9 Å². The first-order valence-electron chi connectivity index (χ1n) is 5.49. The molecule has 2 rings (SSSR count). The molecule has 0 saturated carbocycles. The van der Waals surface area contributed by atoms with E-state index in [-0.39, 0.29) is 0 Å². The monoisotopic (exact) mass is 281 g/mol. The van der Waals surface area contributed by atoms with E-state index in [2.05, 4.69) is 46.5 Å². The second-order valence-corrected chi connectivity index (χ2v) is 5.24. The molecule has 1 N–H and O–H groups in total. The van der Waals surface area contributed by atoms with Crippen molar-refractivity contribution in [1.29, 1.82) is 0 Å². The normalized spacial score (nSPS) is 13.6. The van der Waals surface area contributed by atoms with Gasteiger partial charge in [-0.1, -0.05) is 12.1 Å². The molecule has 0 aliphatic rings. The molecule has 0 saturated heterocycles. The molecule has 1 atom stereocenters. The van der Waals surface area contributed by atoms with Crippen molar-refractivity contribution in [3.8, 4) is 0 Å². The van der Waals surface area contributed by atoms with Gasteiger partial charge < -0.3 is 9.67 Å². The highest BCUT2D eigenvalue weighted by Crippen LogP contribution is 2.32. The first-order chi connectivity index (χ1) is 7.52. The summed E-state index contributed by atoms with van der Waals surface area (Å²) in [6.45, 7) is 6.07. The fraction of sp³-hybridized carbons (Fsp3) is 0.385. The number of aliphatic hydroxyl groups is 1. The Morgan fingerprint density at radius 1 is 1.25 bits per heavy atom. The van der Waals surface area contributed by atoms with E-state index in [1.54, 1.807) is 6.92 Å². The van der Waals surface area contributed by atoms with Gasteiger partial charge in [0.1, 0.15) is 0 Å². The average Bonchev–Trinajstić information content (AvgIpc) is 2.58. The van der Waals surface area contributed by atoms with E-state index in [9.17, 15) is 5.11 Å². The number of benzene rings is 1. The van der Waals surface area contributed by atoms with Crippen LogP contribution in [0, 0.1) is 0 Å². The van der Waals surface area contributed by atoms with Gasteiger partial charge in [-0.05, 0) is 48.8 Å². The molecule has 2 nitrogen and oxygen atoms in total. The number of rotatable bonds is 2. The van der Waals surface area contributed by atoms with Crippen LogP contribution in [0.4, 0.5) is 0 Å². The molecule has 16 heavy (non-hydrogen) atoms. The predicted octanol–water partition coefficient (Wildman–Crippen LogP) is 4.04. The van der Waals surface area contributed by atoms with E-state index in [4.69, 9.17) is 0 Å². The summed E-state index contributed by atoms with van der Waals surface area (Å²) in [6.07, 6.45) is -0.443. The van der Waals surface area contributed by atoms with Crippen molar-refractivity contribution in [3.05, 3.63) is 34.4 Å². The Morgan fingerprint density at radius 3 is 2.50 bits per heavy atom. The predicted molar refractivity (Wildman–Crippen MR) is 70.7 cm³/mol. The summed E-state index contributed by atoms with van der Waals surface area (Å²) in [4.78, 5) is 0. The summed E-state index contributed by atoms with van der Waals surface area (Å²) in [7, 11) is 0. The smallest absolute Gasteiger partial charge is 0.0912 e. The fourth-order valence-electron chi connectivity index (χ4n) is 2.14. The zero-order valence-corrected chi connectivity index (χ0v) is 11.3. The molecule has 1 heterocycles. The van der Waals surface area contributed by atoms with Crippen molar-refractivity contribution >= 4 is 26.8 Å². The summed E-state index contributed by atoms with van der Waals surface area (Å²) in [5.41, 5.74) is 2.13. The molecule has 0 bridgehead atoms. The Labute approximate surface area is 104 Å². The second kappa shape index (κ2) is 4.22. The number of hydrogen-bond donors (Lipinski definition) is 1. The third kappa shape index (κ3) is 1.78. The maximum Gasteiger partial charge on any atom is 0.0912 e. The van der Waals surface area contributed by atoms with Gasteiger partial charge in [0.2, 0.25) is 0 Å². The third-order valence-electron chi connectivity index (χ3n) is 2.78. The lowest BCUT2D eigenvalue weighted by molar-refractivity contribution is 0.188. The summed E-state index contributed by atoms with van der Waals surface area (Å²) in [6, 6.07) is 8.52. The lowest BCUT2D eigenvalue weighted by Crippen LogP contribution is -2.07. The van der Waals surface area contributed by atoms with Crippen LogP contribution in [-0.2, 0) is 0 Å². The Bertz CT molecular complexity index is 514. The van der Waals surface area contributed by atoms with Crippen LogP contribution in [0.15, 0.2) is 28.7 Å². The van der Waals surface area contributed by atoms with Gasteiger partial charge in [-0.3, -0.25) is 0 Å². The minimum Gasteiger partial charge on any atom is -0.387 e. The van der Waals surface area contributed by atoms with Gasteiger partial charge in [-0.15, -0.1) is 0 Å². The summed E-state index contributed by atoms with van der Waals surface area (Å²) < 4.78 is 3.26. The van der Waals surface area contributed by atoms with E-state index in [1.807, 2.05) is 12.1 Å². The second-order valence-electron chi connectivity index (χ2n) is 4.39. The Hall–Kier alpha value is -0.800. The lowest BCUT2D eigenvalue weighted by atomic mass is 10.2. The quantitative estimate of drug-likeness (QED) is 0.883. The molecule has 1 aromatic heterocycles. The van der Waals surface area contributed by atoms with Gasteiger partial charge in [0.25, 0.3) is 0 Å². The highest BCUT2D eigenvalue weighted by molar-refractivity contribution is 9.10. The zero-order chi connectivity index (χ0) is 11.9. The molecule has 2 aromatic rings. The van der Waals surface area contributed by atoms with Crippen LogP contribution in [-0.4, -0.2) is 9.67 Å². The molecule has 86 valence electrons. The number of para-hydroxylation sites is 1. The highest BCUT2D eigenvalue weighted by Gasteiger charge is 2.16. The minimum absolute atomic E-state index is 0.334. The third-order valence-corrected chi connectivity index (χ3v) is 3.42. The largest absolute Gasteiger partial charge is 0.387 e. The first-order valence-corrected chi connectivity index (χ1v) is 6.29. The number of fused-ring (bicyclic) bond motifs is 1. The summed E-state index contributed by atoms with van der Waals surface area (Å²) in [5, 5.41) is 11.0. The van der Waals surface area contributed by atoms with Crippen LogP contribution in [0.2, 0.25) is 0 Å². The Morgan fingerprint density at radius 2 is 1.94 bits per heavy atom. The molecule has 3 heteroatoms. The fourth-order valence-corrected chi connectivity index (χ4v) is 2.71. The highest BCUT2D eigenvalue weighted by atomic mass is 79.9.